The van der Waals surface area contributed by atoms with E-state index in [9.17, 15) is 0 Å². The van der Waals surface area contributed by atoms with Crippen LogP contribution in [-0.4, -0.2) is 19.9 Å². The molecule has 0 saturated carbocycles. The number of halogens is 1. The largest absolute Gasteiger partial charge is 0.335 e. The summed E-state index contributed by atoms with van der Waals surface area (Å²) in [6.07, 6.45) is 3.50. The fraction of sp³-hybridized carbons (Fsp3) is 0.188. The van der Waals surface area contributed by atoms with E-state index in [2.05, 4.69) is 15.2 Å². The lowest BCUT2D eigenvalue weighted by atomic mass is 10.1. The molecule has 1 aromatic carbocycles. The highest BCUT2D eigenvalue weighted by Crippen LogP contribution is 2.22. The molecule has 118 valence electrons. The summed E-state index contributed by atoms with van der Waals surface area (Å²) < 4.78 is 6.83. The third-order valence-electron chi connectivity index (χ3n) is 3.48. The lowest BCUT2D eigenvalue weighted by Gasteiger charge is -2.05. The van der Waals surface area contributed by atoms with Crippen LogP contribution in [0.5, 0.6) is 0 Å². The number of benzene rings is 1. The van der Waals surface area contributed by atoms with Crippen molar-refractivity contribution in [2.75, 3.05) is 0 Å². The SMILES string of the molecule is Cc1nn(C)c(Cl)c1/C=C/c1nc(C(N)c2ccccc2)no1. The molecule has 1 unspecified atom stereocenters. The van der Waals surface area contributed by atoms with Crippen molar-refractivity contribution < 1.29 is 4.52 Å². The third-order valence-corrected chi connectivity index (χ3v) is 3.93. The summed E-state index contributed by atoms with van der Waals surface area (Å²) >= 11 is 6.18. The molecule has 0 aliphatic heterocycles. The second kappa shape index (κ2) is 6.36. The number of hydrogen-bond donors (Lipinski definition) is 1. The Balaban J connectivity index is 1.81. The lowest BCUT2D eigenvalue weighted by molar-refractivity contribution is 0.401. The normalized spacial score (nSPS) is 12.9. The Hall–Kier alpha value is -2.44. The molecule has 6 nitrogen and oxygen atoms in total. The fourth-order valence-corrected chi connectivity index (χ4v) is 2.48. The van der Waals surface area contributed by atoms with Crippen LogP contribution in [0.2, 0.25) is 5.15 Å². The lowest BCUT2D eigenvalue weighted by Crippen LogP contribution is -2.13. The van der Waals surface area contributed by atoms with Crippen molar-refractivity contribution in [2.24, 2.45) is 12.8 Å². The van der Waals surface area contributed by atoms with Crippen LogP contribution in [0.3, 0.4) is 0 Å². The zero-order valence-corrected chi connectivity index (χ0v) is 13.5. The monoisotopic (exact) mass is 329 g/mol. The van der Waals surface area contributed by atoms with Crippen molar-refractivity contribution >= 4 is 23.8 Å². The molecule has 23 heavy (non-hydrogen) atoms. The molecular formula is C16H16ClN5O. The van der Waals surface area contributed by atoms with Gasteiger partial charge in [0.2, 0.25) is 0 Å². The van der Waals surface area contributed by atoms with E-state index in [-0.39, 0.29) is 0 Å². The minimum absolute atomic E-state index is 0.366. The first-order valence-electron chi connectivity index (χ1n) is 7.07. The third kappa shape index (κ3) is 3.18. The summed E-state index contributed by atoms with van der Waals surface area (Å²) in [4.78, 5) is 4.31. The highest BCUT2D eigenvalue weighted by molar-refractivity contribution is 6.31. The van der Waals surface area contributed by atoms with Crippen molar-refractivity contribution in [3.63, 3.8) is 0 Å². The quantitative estimate of drug-likeness (QED) is 0.795. The van der Waals surface area contributed by atoms with Gasteiger partial charge in [-0.25, -0.2) is 0 Å². The van der Waals surface area contributed by atoms with Crippen LogP contribution in [0.25, 0.3) is 12.2 Å². The Labute approximate surface area is 138 Å². The van der Waals surface area contributed by atoms with Gasteiger partial charge in [0, 0.05) is 18.7 Å². The van der Waals surface area contributed by atoms with Crippen LogP contribution in [0.1, 0.15) is 34.6 Å². The number of rotatable bonds is 4. The molecule has 7 heteroatoms. The molecule has 0 aliphatic rings. The van der Waals surface area contributed by atoms with Gasteiger partial charge in [-0.05, 0) is 18.6 Å². The van der Waals surface area contributed by atoms with Crippen molar-refractivity contribution in [1.82, 2.24) is 19.9 Å². The number of nitrogens with zero attached hydrogens (tertiary/aromatic N) is 4. The highest BCUT2D eigenvalue weighted by atomic mass is 35.5. The van der Waals surface area contributed by atoms with E-state index in [0.29, 0.717) is 16.9 Å². The highest BCUT2D eigenvalue weighted by Gasteiger charge is 2.15. The van der Waals surface area contributed by atoms with Gasteiger partial charge in [0.1, 0.15) is 5.15 Å². The molecule has 0 fully saturated rings. The molecule has 0 amide bonds. The van der Waals surface area contributed by atoms with Crippen LogP contribution in [0.15, 0.2) is 34.9 Å². The van der Waals surface area contributed by atoms with Gasteiger partial charge in [0.05, 0.1) is 11.7 Å². The van der Waals surface area contributed by atoms with E-state index in [1.165, 1.54) is 0 Å². The van der Waals surface area contributed by atoms with Crippen molar-refractivity contribution in [3.8, 4) is 0 Å². The van der Waals surface area contributed by atoms with E-state index in [0.717, 1.165) is 16.8 Å². The number of aromatic nitrogens is 4. The minimum Gasteiger partial charge on any atom is -0.335 e. The Morgan fingerprint density at radius 3 is 2.65 bits per heavy atom. The van der Waals surface area contributed by atoms with Gasteiger partial charge in [-0.2, -0.15) is 10.1 Å². The first-order valence-corrected chi connectivity index (χ1v) is 7.45. The summed E-state index contributed by atoms with van der Waals surface area (Å²) in [5.74, 6) is 0.801. The summed E-state index contributed by atoms with van der Waals surface area (Å²) in [5.41, 5.74) is 8.72. The van der Waals surface area contributed by atoms with Crippen LogP contribution in [0.4, 0.5) is 0 Å². The number of aryl methyl sites for hydroxylation is 2. The second-order valence-electron chi connectivity index (χ2n) is 5.13. The predicted octanol–water partition coefficient (Wildman–Crippen LogP) is 2.98. The molecule has 2 aromatic heterocycles. The molecule has 0 radical (unpaired) electrons. The topological polar surface area (TPSA) is 82.8 Å². The second-order valence-corrected chi connectivity index (χ2v) is 5.48. The number of nitrogens with two attached hydrogens (primary N) is 1. The van der Waals surface area contributed by atoms with Gasteiger partial charge < -0.3 is 10.3 Å². The molecular weight excluding hydrogens is 314 g/mol. The summed E-state index contributed by atoms with van der Waals surface area (Å²) in [7, 11) is 1.79. The fourth-order valence-electron chi connectivity index (χ4n) is 2.24. The van der Waals surface area contributed by atoms with Crippen LogP contribution in [-0.2, 0) is 7.05 Å². The predicted molar refractivity (Wildman–Crippen MR) is 88.7 cm³/mol. The molecule has 0 spiro atoms. The first-order chi connectivity index (χ1) is 11.1. The van der Waals surface area contributed by atoms with Gasteiger partial charge in [0.25, 0.3) is 5.89 Å². The molecule has 3 rings (SSSR count). The van der Waals surface area contributed by atoms with E-state index in [1.54, 1.807) is 23.9 Å². The Kier molecular flexibility index (Phi) is 4.27. The summed E-state index contributed by atoms with van der Waals surface area (Å²) in [5, 5.41) is 8.74. The van der Waals surface area contributed by atoms with Crippen molar-refractivity contribution in [2.45, 2.75) is 13.0 Å². The van der Waals surface area contributed by atoms with Crippen LogP contribution < -0.4 is 5.73 Å². The maximum Gasteiger partial charge on any atom is 0.250 e. The average Bonchev–Trinajstić information content (AvgIpc) is 3.12. The molecule has 0 bridgehead atoms. The molecule has 0 saturated heterocycles. The minimum atomic E-state index is -0.425. The Morgan fingerprint density at radius 1 is 1.26 bits per heavy atom. The zero-order chi connectivity index (χ0) is 16.4. The molecule has 2 N–H and O–H groups in total. The maximum atomic E-state index is 6.18. The maximum absolute atomic E-state index is 6.18. The van der Waals surface area contributed by atoms with Crippen LogP contribution in [0, 0.1) is 6.92 Å². The molecule has 3 aromatic rings. The van der Waals surface area contributed by atoms with E-state index >= 15 is 0 Å². The van der Waals surface area contributed by atoms with Gasteiger partial charge >= 0.3 is 0 Å². The zero-order valence-electron chi connectivity index (χ0n) is 12.8. The molecule has 1 atom stereocenters. The average molecular weight is 330 g/mol. The van der Waals surface area contributed by atoms with Crippen LogP contribution >= 0.6 is 11.6 Å². The first kappa shape index (κ1) is 15.5. The van der Waals surface area contributed by atoms with E-state index in [4.69, 9.17) is 21.9 Å². The van der Waals surface area contributed by atoms with Crippen molar-refractivity contribution in [3.05, 3.63) is 64.0 Å². The standard InChI is InChI=1S/C16H16ClN5O/c1-10-12(15(17)22(2)20-10)8-9-13-19-16(21-23-13)14(18)11-6-4-3-5-7-11/h3-9,14H,18H2,1-2H3/b9-8+. The van der Waals surface area contributed by atoms with E-state index in [1.807, 2.05) is 37.3 Å². The van der Waals surface area contributed by atoms with Gasteiger partial charge in [-0.15, -0.1) is 0 Å². The van der Waals surface area contributed by atoms with Crippen molar-refractivity contribution in [1.29, 1.82) is 0 Å². The van der Waals surface area contributed by atoms with Gasteiger partial charge in [0.15, 0.2) is 5.82 Å². The summed E-state index contributed by atoms with van der Waals surface area (Å²) in [6.45, 7) is 1.89. The smallest absolute Gasteiger partial charge is 0.250 e. The number of hydrogen-bond acceptors (Lipinski definition) is 5. The molecule has 0 aliphatic carbocycles. The van der Waals surface area contributed by atoms with Gasteiger partial charge in [-0.1, -0.05) is 47.1 Å². The Morgan fingerprint density at radius 2 is 2.00 bits per heavy atom. The van der Waals surface area contributed by atoms with Gasteiger partial charge in [-0.3, -0.25) is 4.68 Å². The summed E-state index contributed by atoms with van der Waals surface area (Å²) in [6, 6.07) is 9.20. The van der Waals surface area contributed by atoms with E-state index < -0.39 is 6.04 Å². The Bertz CT molecular complexity index is 838. The molecule has 2 heterocycles.